The lowest BCUT2D eigenvalue weighted by Gasteiger charge is -2.36. The van der Waals surface area contributed by atoms with E-state index in [0.29, 0.717) is 33.9 Å². The predicted molar refractivity (Wildman–Crippen MR) is 359 cm³/mol. The minimum Gasteiger partial charge on any atom is -0.477 e. The summed E-state index contributed by atoms with van der Waals surface area (Å²) in [6.45, 7) is 29.9. The first-order valence-corrected chi connectivity index (χ1v) is 37.5. The van der Waals surface area contributed by atoms with E-state index in [2.05, 4.69) is 102 Å². The number of hydrogen-bond donors (Lipinski definition) is 2. The molecule has 0 saturated heterocycles. The molecule has 0 aromatic carbocycles. The van der Waals surface area contributed by atoms with Crippen LogP contribution in [0.1, 0.15) is 146 Å². The Hall–Kier alpha value is -6.79. The molecule has 7 aliphatic heterocycles. The van der Waals surface area contributed by atoms with Crippen molar-refractivity contribution in [2.45, 2.75) is 159 Å². The van der Waals surface area contributed by atoms with Crippen LogP contribution in [0.2, 0.25) is 0 Å². The Kier molecular flexibility index (Phi) is 20.7. The third-order valence-corrected chi connectivity index (χ3v) is 26.4. The van der Waals surface area contributed by atoms with Crippen molar-refractivity contribution in [1.82, 2.24) is 52.9 Å². The maximum absolute atomic E-state index is 12.0. The third kappa shape index (κ3) is 15.0. The summed E-state index contributed by atoms with van der Waals surface area (Å²) in [4.78, 5) is 51.5. The number of ether oxygens (including phenoxy) is 1. The molecule has 28 heteroatoms. The Balaban J connectivity index is 0.000000140. The van der Waals surface area contributed by atoms with Gasteiger partial charge in [0.1, 0.15) is 31.5 Å². The number of nitrogens with one attached hydrogen (secondary N) is 2. The van der Waals surface area contributed by atoms with Crippen LogP contribution >= 0.6 is 11.8 Å². The standard InChI is InChI=1S/C10H14N2O2S.C10H14N2OS.2C9H10N2O3S.C9H11NOS.C9H11NO.C9H11NS/c1-10(2)7-12(3)15(13,14)9-8(10)5-4-6-11-9;1-10(2)7-12(3)14(13)9-8(10)5-4-6-11-9;1-9(2)6-4-3-5-10-7(6)15(13,14)11-8(9)12;1-9(2)6-4-3-5-10-7(6)8(12)11-15(9,13)14;1-9(2)6-12(11)8-7(9)4-3-5-10-8;2*1-9(2)6-11-8-7(9)4-3-5-10-8/h4-6H,7H2,1-3H3;4-6H,7H2,1-3H3;2*3-5H,1-2H3,(H,11,12);3-5H,6H2,1-2H3;2*3-5H,6H2,1-2H3. The number of likely N-dealkylation sites (N-methyl/N-ethyl adjacent to an activating group) is 2. The molecule has 0 bridgehead atoms. The van der Waals surface area contributed by atoms with Gasteiger partial charge in [-0.25, -0.2) is 64.7 Å². The topological polar surface area (TPSA) is 301 Å². The molecular formula is C65H81N11O11S6. The Labute approximate surface area is 556 Å². The predicted octanol–water partition coefficient (Wildman–Crippen LogP) is 8.59. The maximum atomic E-state index is 12.0. The van der Waals surface area contributed by atoms with E-state index in [4.69, 9.17) is 4.74 Å². The van der Waals surface area contributed by atoms with Crippen LogP contribution in [0.3, 0.4) is 0 Å². The number of thioether (sulfide) groups is 1. The second-order valence-corrected chi connectivity index (χ2v) is 37.0. The highest BCUT2D eigenvalue weighted by molar-refractivity contribution is 7.99. The van der Waals surface area contributed by atoms with E-state index in [1.807, 2.05) is 95.1 Å². The van der Waals surface area contributed by atoms with Crippen LogP contribution < -0.4 is 14.2 Å². The van der Waals surface area contributed by atoms with Gasteiger partial charge < -0.3 is 4.74 Å². The Morgan fingerprint density at radius 1 is 0.505 bits per heavy atom. The summed E-state index contributed by atoms with van der Waals surface area (Å²) in [5.41, 5.74) is 6.24. The fourth-order valence-corrected chi connectivity index (χ4v) is 19.6. The van der Waals surface area contributed by atoms with E-state index in [1.165, 1.54) is 44.8 Å². The molecule has 0 fully saturated rings. The second kappa shape index (κ2) is 26.8. The van der Waals surface area contributed by atoms with Crippen molar-refractivity contribution >= 4 is 75.4 Å². The van der Waals surface area contributed by atoms with Crippen LogP contribution in [0.15, 0.2) is 153 Å². The van der Waals surface area contributed by atoms with Gasteiger partial charge in [0.25, 0.3) is 26.0 Å². The number of pyridine rings is 7. The summed E-state index contributed by atoms with van der Waals surface area (Å²) in [5, 5.41) is 2.85. The molecule has 2 N–H and O–H groups in total. The number of nitrogens with zero attached hydrogens (tertiary/aromatic N) is 9. The van der Waals surface area contributed by atoms with Crippen LogP contribution in [-0.2, 0) is 93.9 Å². The first kappa shape index (κ1) is 72.0. The van der Waals surface area contributed by atoms with E-state index in [9.17, 15) is 43.3 Å². The monoisotopic (exact) mass is 1380 g/mol. The molecule has 14 rings (SSSR count). The zero-order valence-electron chi connectivity index (χ0n) is 55.1. The van der Waals surface area contributed by atoms with Gasteiger partial charge in [0.2, 0.25) is 21.8 Å². The van der Waals surface area contributed by atoms with E-state index in [0.717, 1.165) is 40.7 Å². The number of amides is 2. The molecule has 0 saturated carbocycles. The fraction of sp³-hybridized carbons (Fsp3) is 0.431. The molecular weight excluding hydrogens is 1300 g/mol. The molecule has 0 spiro atoms. The van der Waals surface area contributed by atoms with Gasteiger partial charge in [-0.1, -0.05) is 112 Å². The number of rotatable bonds is 0. The van der Waals surface area contributed by atoms with Gasteiger partial charge in [0, 0.05) is 126 Å². The van der Waals surface area contributed by atoms with Crippen LogP contribution in [0, 0.1) is 0 Å². The highest BCUT2D eigenvalue weighted by atomic mass is 32.2. The van der Waals surface area contributed by atoms with Crippen molar-refractivity contribution in [3.63, 3.8) is 0 Å². The third-order valence-electron chi connectivity index (χ3n) is 16.8. The zero-order valence-corrected chi connectivity index (χ0v) is 60.0. The van der Waals surface area contributed by atoms with E-state index >= 15 is 0 Å². The molecule has 7 aliphatic rings. The van der Waals surface area contributed by atoms with Crippen molar-refractivity contribution in [2.24, 2.45) is 0 Å². The van der Waals surface area contributed by atoms with Crippen molar-refractivity contribution in [3.8, 4) is 5.88 Å². The molecule has 14 heterocycles. The number of carbonyl (C=O) groups is 2. The normalized spacial score (nSPS) is 22.5. The van der Waals surface area contributed by atoms with E-state index in [-0.39, 0.29) is 37.4 Å². The maximum Gasteiger partial charge on any atom is 0.283 e. The molecule has 2 amide bonds. The van der Waals surface area contributed by atoms with Crippen LogP contribution in [0.5, 0.6) is 5.88 Å². The highest BCUT2D eigenvalue weighted by Crippen LogP contribution is 2.43. The molecule has 22 nitrogen and oxygen atoms in total. The summed E-state index contributed by atoms with van der Waals surface area (Å²) in [6.07, 6.45) is 11.4. The first-order valence-electron chi connectivity index (χ1n) is 29.7. The molecule has 93 heavy (non-hydrogen) atoms. The van der Waals surface area contributed by atoms with Crippen LogP contribution in [-0.4, -0.2) is 134 Å². The summed E-state index contributed by atoms with van der Waals surface area (Å²) < 4.78 is 105. The number of sulfonamides is 3. The smallest absolute Gasteiger partial charge is 0.283 e. The average Bonchev–Trinajstić information content (AvgIpc) is 1.75. The SMILES string of the molecule is CC1(C)C(=O)NS(=O)(=O)c2ncccc21.CC1(C)COc2ncccc21.CC1(C)CS(=O)c2ncccc21.CC1(C)CSc2ncccc21.CC1(C)c2cccnc2C(=O)NS1(=O)=O.CN1CC(C)(C)c2cccnc2S1(=O)=O.CN1CC(C)(C)c2cccnc2S1=O. The Morgan fingerprint density at radius 2 is 0.989 bits per heavy atom. The largest absolute Gasteiger partial charge is 0.477 e. The highest BCUT2D eigenvalue weighted by Gasteiger charge is 2.46. The van der Waals surface area contributed by atoms with Gasteiger partial charge in [-0.3, -0.25) is 18.8 Å². The molecule has 2 unspecified atom stereocenters. The van der Waals surface area contributed by atoms with Gasteiger partial charge in [0.05, 0.1) is 27.8 Å². The van der Waals surface area contributed by atoms with Crippen LogP contribution in [0.25, 0.3) is 0 Å². The Morgan fingerprint density at radius 3 is 1.58 bits per heavy atom. The van der Waals surface area contributed by atoms with Crippen molar-refractivity contribution < 1.29 is 48.0 Å². The number of aromatic nitrogens is 7. The van der Waals surface area contributed by atoms with E-state index < -0.39 is 73.8 Å². The molecule has 7 aromatic rings. The lowest BCUT2D eigenvalue weighted by Crippen LogP contribution is -2.48. The summed E-state index contributed by atoms with van der Waals surface area (Å²) in [6, 6.07) is 26.2. The fourth-order valence-electron chi connectivity index (χ4n) is 11.2. The van der Waals surface area contributed by atoms with Gasteiger partial charge >= 0.3 is 0 Å². The summed E-state index contributed by atoms with van der Waals surface area (Å²) in [5.74, 6) is 1.49. The quantitative estimate of drug-likeness (QED) is 0.144. The lowest BCUT2D eigenvalue weighted by molar-refractivity contribution is -0.124. The lowest BCUT2D eigenvalue weighted by atomic mass is 9.85. The second-order valence-electron chi connectivity index (χ2n) is 27.3. The number of fused-ring (bicyclic) bond motifs is 7. The summed E-state index contributed by atoms with van der Waals surface area (Å²) >= 11 is 1.86. The molecule has 2 atom stereocenters. The van der Waals surface area contributed by atoms with Crippen molar-refractivity contribution in [3.05, 3.63) is 173 Å². The number of hydrogen-bond acceptors (Lipinski definition) is 19. The van der Waals surface area contributed by atoms with Gasteiger partial charge in [-0.2, -0.15) is 12.7 Å². The Bertz CT molecular complexity index is 4350. The van der Waals surface area contributed by atoms with Crippen molar-refractivity contribution in [2.75, 3.05) is 45.3 Å². The van der Waals surface area contributed by atoms with E-state index in [1.54, 1.807) is 83.7 Å². The van der Waals surface area contributed by atoms with Gasteiger partial charge in [-0.05, 0) is 92.4 Å². The minimum absolute atomic E-state index is 0.0340. The van der Waals surface area contributed by atoms with Gasteiger partial charge in [-0.15, -0.1) is 11.8 Å². The average molecular weight is 1380 g/mol. The zero-order chi connectivity index (χ0) is 68.7. The van der Waals surface area contributed by atoms with Crippen LogP contribution in [0.4, 0.5) is 0 Å². The molecule has 498 valence electrons. The molecule has 0 radical (unpaired) electrons. The first-order chi connectivity index (χ1) is 43.1. The minimum atomic E-state index is -3.77. The van der Waals surface area contributed by atoms with Crippen molar-refractivity contribution in [1.29, 1.82) is 0 Å². The number of carbonyl (C=O) groups excluding carboxylic acids is 2. The summed E-state index contributed by atoms with van der Waals surface area (Å²) in [7, 11) is -9.31. The molecule has 0 aliphatic carbocycles. The molecule has 7 aromatic heterocycles. The van der Waals surface area contributed by atoms with Gasteiger partial charge in [0.15, 0.2) is 10.1 Å².